The van der Waals surface area contributed by atoms with Crippen LogP contribution in [0.5, 0.6) is 0 Å². The van der Waals surface area contributed by atoms with Gasteiger partial charge in [0, 0.05) is 21.0 Å². The van der Waals surface area contributed by atoms with Gasteiger partial charge < -0.3 is 9.32 Å². The SMILES string of the molecule is CSc1ccc(C[NH+](C)[C@H](C)c2nnc(-c3cccc(Cl)c3)o2)cc1. The summed E-state index contributed by atoms with van der Waals surface area (Å²) in [6, 6.07) is 16.2. The molecule has 0 spiro atoms. The van der Waals surface area contributed by atoms with Crippen LogP contribution in [0, 0.1) is 0 Å². The predicted molar refractivity (Wildman–Crippen MR) is 102 cm³/mol. The maximum Gasteiger partial charge on any atom is 0.274 e. The van der Waals surface area contributed by atoms with Gasteiger partial charge in [-0.25, -0.2) is 0 Å². The molecule has 0 bridgehead atoms. The summed E-state index contributed by atoms with van der Waals surface area (Å²) in [6.45, 7) is 2.99. The second-order valence-corrected chi connectivity index (χ2v) is 7.36. The number of nitrogens with one attached hydrogen (secondary N) is 1. The number of hydrogen-bond acceptors (Lipinski definition) is 4. The van der Waals surface area contributed by atoms with Gasteiger partial charge in [0.15, 0.2) is 6.04 Å². The van der Waals surface area contributed by atoms with E-state index in [4.69, 9.17) is 16.0 Å². The molecule has 0 aliphatic heterocycles. The van der Waals surface area contributed by atoms with Crippen molar-refractivity contribution < 1.29 is 9.32 Å². The van der Waals surface area contributed by atoms with Crippen LogP contribution in [0.3, 0.4) is 0 Å². The highest BCUT2D eigenvalue weighted by Gasteiger charge is 2.22. The van der Waals surface area contributed by atoms with E-state index in [0.29, 0.717) is 16.8 Å². The van der Waals surface area contributed by atoms with Gasteiger partial charge in [0.2, 0.25) is 5.89 Å². The lowest BCUT2D eigenvalue weighted by Gasteiger charge is -2.19. The van der Waals surface area contributed by atoms with E-state index >= 15 is 0 Å². The minimum absolute atomic E-state index is 0.0978. The Balaban J connectivity index is 1.70. The Bertz CT molecular complexity index is 835. The van der Waals surface area contributed by atoms with Crippen LogP contribution in [0.4, 0.5) is 0 Å². The summed E-state index contributed by atoms with van der Waals surface area (Å²) in [5, 5.41) is 9.05. The Hall–Kier alpha value is -1.82. The molecular formula is C19H21ClN3OS+. The molecule has 2 aromatic carbocycles. The summed E-state index contributed by atoms with van der Waals surface area (Å²) in [4.78, 5) is 2.57. The zero-order chi connectivity index (χ0) is 17.8. The molecule has 0 radical (unpaired) electrons. The smallest absolute Gasteiger partial charge is 0.274 e. The first-order valence-corrected chi connectivity index (χ1v) is 9.71. The number of halogens is 1. The highest BCUT2D eigenvalue weighted by Crippen LogP contribution is 2.22. The van der Waals surface area contributed by atoms with Crippen LogP contribution >= 0.6 is 23.4 Å². The van der Waals surface area contributed by atoms with Crippen LogP contribution in [0.15, 0.2) is 57.8 Å². The van der Waals surface area contributed by atoms with Crippen molar-refractivity contribution in [2.45, 2.75) is 24.4 Å². The van der Waals surface area contributed by atoms with Gasteiger partial charge >= 0.3 is 0 Å². The van der Waals surface area contributed by atoms with Gasteiger partial charge in [-0.3, -0.25) is 0 Å². The maximum atomic E-state index is 6.03. The summed E-state index contributed by atoms with van der Waals surface area (Å²) < 4.78 is 5.88. The Labute approximate surface area is 157 Å². The second kappa shape index (κ2) is 8.04. The Morgan fingerprint density at radius 3 is 2.60 bits per heavy atom. The van der Waals surface area contributed by atoms with Crippen molar-refractivity contribution in [3.8, 4) is 11.5 Å². The van der Waals surface area contributed by atoms with Crippen molar-refractivity contribution >= 4 is 23.4 Å². The van der Waals surface area contributed by atoms with Crippen molar-refractivity contribution in [3.05, 3.63) is 65.0 Å². The first-order valence-electron chi connectivity index (χ1n) is 8.11. The fourth-order valence-corrected chi connectivity index (χ4v) is 3.18. The third kappa shape index (κ3) is 4.42. The molecule has 1 aromatic heterocycles. The zero-order valence-corrected chi connectivity index (χ0v) is 16.1. The van der Waals surface area contributed by atoms with E-state index in [1.165, 1.54) is 15.4 Å². The number of aromatic nitrogens is 2. The lowest BCUT2D eigenvalue weighted by molar-refractivity contribution is -0.925. The molecular weight excluding hydrogens is 354 g/mol. The molecule has 0 saturated heterocycles. The second-order valence-electron chi connectivity index (χ2n) is 6.05. The van der Waals surface area contributed by atoms with Crippen LogP contribution in [0.25, 0.3) is 11.5 Å². The third-order valence-corrected chi connectivity index (χ3v) is 5.24. The average molecular weight is 375 g/mol. The molecule has 0 aliphatic rings. The summed E-state index contributed by atoms with van der Waals surface area (Å²) in [6.07, 6.45) is 2.08. The Morgan fingerprint density at radius 1 is 1.16 bits per heavy atom. The molecule has 3 rings (SSSR count). The molecule has 1 N–H and O–H groups in total. The molecule has 0 amide bonds. The molecule has 4 nitrogen and oxygen atoms in total. The predicted octanol–water partition coefficient (Wildman–Crippen LogP) is 3.89. The van der Waals surface area contributed by atoms with E-state index in [9.17, 15) is 0 Å². The molecule has 0 fully saturated rings. The van der Waals surface area contributed by atoms with E-state index in [2.05, 4.69) is 54.7 Å². The van der Waals surface area contributed by atoms with Crippen LogP contribution in [0.2, 0.25) is 5.02 Å². The normalized spacial score (nSPS) is 13.6. The van der Waals surface area contributed by atoms with E-state index in [0.717, 1.165) is 12.1 Å². The number of hydrogen-bond donors (Lipinski definition) is 1. The van der Waals surface area contributed by atoms with Crippen LogP contribution in [-0.4, -0.2) is 23.5 Å². The highest BCUT2D eigenvalue weighted by atomic mass is 35.5. The summed E-state index contributed by atoms with van der Waals surface area (Å²) in [7, 11) is 2.14. The first-order chi connectivity index (χ1) is 12.1. The molecule has 25 heavy (non-hydrogen) atoms. The number of rotatable bonds is 6. The number of benzene rings is 2. The van der Waals surface area contributed by atoms with Gasteiger partial charge in [0.25, 0.3) is 5.89 Å². The Morgan fingerprint density at radius 2 is 1.92 bits per heavy atom. The molecule has 2 atom stereocenters. The lowest BCUT2D eigenvalue weighted by Crippen LogP contribution is -3.07. The molecule has 3 aromatic rings. The van der Waals surface area contributed by atoms with Crippen molar-refractivity contribution in [2.24, 2.45) is 0 Å². The minimum atomic E-state index is 0.0978. The lowest BCUT2D eigenvalue weighted by atomic mass is 10.2. The van der Waals surface area contributed by atoms with Gasteiger partial charge in [-0.05, 0) is 43.5 Å². The van der Waals surface area contributed by atoms with Crippen molar-refractivity contribution in [2.75, 3.05) is 13.3 Å². The van der Waals surface area contributed by atoms with E-state index in [1.54, 1.807) is 11.8 Å². The molecule has 1 unspecified atom stereocenters. The quantitative estimate of drug-likeness (QED) is 0.665. The molecule has 1 heterocycles. The number of thioether (sulfide) groups is 1. The van der Waals surface area contributed by atoms with Gasteiger partial charge in [-0.15, -0.1) is 22.0 Å². The molecule has 6 heteroatoms. The summed E-state index contributed by atoms with van der Waals surface area (Å²) in [5.74, 6) is 1.13. The highest BCUT2D eigenvalue weighted by molar-refractivity contribution is 7.98. The number of nitrogens with zero attached hydrogens (tertiary/aromatic N) is 2. The van der Waals surface area contributed by atoms with Gasteiger partial charge in [0.1, 0.15) is 6.54 Å². The fourth-order valence-electron chi connectivity index (χ4n) is 2.58. The minimum Gasteiger partial charge on any atom is -0.415 e. The summed E-state index contributed by atoms with van der Waals surface area (Å²) in [5.41, 5.74) is 2.13. The Kier molecular flexibility index (Phi) is 5.78. The molecule has 130 valence electrons. The zero-order valence-electron chi connectivity index (χ0n) is 14.5. The van der Waals surface area contributed by atoms with Crippen molar-refractivity contribution in [3.63, 3.8) is 0 Å². The standard InChI is InChI=1S/C19H20ClN3OS/c1-13(23(2)12-14-7-9-17(25-3)10-8-14)18-21-22-19(24-18)15-5-4-6-16(20)11-15/h4-11,13H,12H2,1-3H3/p+1/t13-/m1/s1. The summed E-state index contributed by atoms with van der Waals surface area (Å²) >= 11 is 7.78. The molecule has 0 saturated carbocycles. The van der Waals surface area contributed by atoms with E-state index in [-0.39, 0.29) is 6.04 Å². The third-order valence-electron chi connectivity index (χ3n) is 4.26. The van der Waals surface area contributed by atoms with Gasteiger partial charge in [-0.2, -0.15) is 0 Å². The van der Waals surface area contributed by atoms with Crippen LogP contribution in [0.1, 0.15) is 24.4 Å². The van der Waals surface area contributed by atoms with Gasteiger partial charge in [-0.1, -0.05) is 29.8 Å². The van der Waals surface area contributed by atoms with E-state index < -0.39 is 0 Å². The van der Waals surface area contributed by atoms with E-state index in [1.807, 2.05) is 24.3 Å². The fraction of sp³-hybridized carbons (Fsp3) is 0.263. The van der Waals surface area contributed by atoms with Crippen LogP contribution in [-0.2, 0) is 6.54 Å². The topological polar surface area (TPSA) is 43.4 Å². The van der Waals surface area contributed by atoms with Crippen molar-refractivity contribution in [1.29, 1.82) is 0 Å². The first kappa shape index (κ1) is 18.0. The largest absolute Gasteiger partial charge is 0.415 e. The van der Waals surface area contributed by atoms with Gasteiger partial charge in [0.05, 0.1) is 7.05 Å². The van der Waals surface area contributed by atoms with Crippen LogP contribution < -0.4 is 4.90 Å². The monoisotopic (exact) mass is 374 g/mol. The average Bonchev–Trinajstić information content (AvgIpc) is 3.12. The van der Waals surface area contributed by atoms with Crippen molar-refractivity contribution in [1.82, 2.24) is 10.2 Å². The number of quaternary nitrogens is 1. The molecule has 0 aliphatic carbocycles. The maximum absolute atomic E-state index is 6.03.